The molecule has 0 aliphatic carbocycles. The molecule has 0 saturated carbocycles. The van der Waals surface area contributed by atoms with E-state index in [0.29, 0.717) is 5.95 Å². The molecule has 0 amide bonds. The minimum atomic E-state index is 0.349. The van der Waals surface area contributed by atoms with Crippen LogP contribution in [0.25, 0.3) is 0 Å². The van der Waals surface area contributed by atoms with Gasteiger partial charge in [-0.05, 0) is 39.2 Å². The molecule has 1 heterocycles. The fraction of sp³-hybridized carbons (Fsp3) is 0.714. The lowest BCUT2D eigenvalue weighted by molar-refractivity contribution is 0.682. The molecule has 0 spiro atoms. The van der Waals surface area contributed by atoms with Gasteiger partial charge in [-0.25, -0.2) is 4.98 Å². The van der Waals surface area contributed by atoms with Crippen molar-refractivity contribution >= 4 is 11.8 Å². The third kappa shape index (κ3) is 5.42. The number of hydrogen-bond donors (Lipinski definition) is 3. The molecule has 0 atom stereocenters. The molecule has 19 heavy (non-hydrogen) atoms. The number of nitrogen functional groups attached to an aromatic ring is 1. The van der Waals surface area contributed by atoms with E-state index in [4.69, 9.17) is 11.5 Å². The number of rotatable bonds is 9. The summed E-state index contributed by atoms with van der Waals surface area (Å²) in [6.07, 6.45) is 6.63. The number of nitrogens with one attached hydrogen (secondary N) is 1. The highest BCUT2D eigenvalue weighted by molar-refractivity contribution is 5.49. The highest BCUT2D eigenvalue weighted by Gasteiger charge is 2.09. The lowest BCUT2D eigenvalue weighted by Crippen LogP contribution is -2.11. The molecule has 0 unspecified atom stereocenters. The number of anilines is 2. The van der Waals surface area contributed by atoms with Gasteiger partial charge < -0.3 is 16.8 Å². The van der Waals surface area contributed by atoms with Crippen LogP contribution in [0.3, 0.4) is 0 Å². The van der Waals surface area contributed by atoms with Crippen molar-refractivity contribution in [2.75, 3.05) is 24.1 Å². The SMILES string of the molecule is CCCCNc1nc(N)nc(C)c1CCCCCN. The number of unbranched alkanes of at least 4 members (excludes halogenated alkanes) is 3. The Kier molecular flexibility index (Phi) is 7.18. The number of nitrogens with zero attached hydrogens (tertiary/aromatic N) is 2. The van der Waals surface area contributed by atoms with Gasteiger partial charge in [0.05, 0.1) is 0 Å². The van der Waals surface area contributed by atoms with Gasteiger partial charge in [0.2, 0.25) is 5.95 Å². The normalized spacial score (nSPS) is 10.7. The van der Waals surface area contributed by atoms with Crippen LogP contribution in [0.4, 0.5) is 11.8 Å². The maximum atomic E-state index is 5.73. The lowest BCUT2D eigenvalue weighted by atomic mass is 10.1. The summed E-state index contributed by atoms with van der Waals surface area (Å²) >= 11 is 0. The Morgan fingerprint density at radius 3 is 2.58 bits per heavy atom. The van der Waals surface area contributed by atoms with Gasteiger partial charge in [-0.1, -0.05) is 19.8 Å². The van der Waals surface area contributed by atoms with Crippen molar-refractivity contribution in [2.45, 2.75) is 52.4 Å². The van der Waals surface area contributed by atoms with Crippen LogP contribution in [0.1, 0.15) is 50.3 Å². The zero-order valence-electron chi connectivity index (χ0n) is 12.2. The van der Waals surface area contributed by atoms with Crippen LogP contribution in [0.5, 0.6) is 0 Å². The Bertz CT molecular complexity index is 378. The topological polar surface area (TPSA) is 89.8 Å². The molecule has 0 aliphatic rings. The van der Waals surface area contributed by atoms with Gasteiger partial charge in [0.15, 0.2) is 0 Å². The summed E-state index contributed by atoms with van der Waals surface area (Å²) in [5.41, 5.74) is 13.4. The van der Waals surface area contributed by atoms with Gasteiger partial charge in [-0.2, -0.15) is 4.98 Å². The van der Waals surface area contributed by atoms with E-state index < -0.39 is 0 Å². The lowest BCUT2D eigenvalue weighted by Gasteiger charge is -2.13. The molecule has 108 valence electrons. The van der Waals surface area contributed by atoms with Gasteiger partial charge >= 0.3 is 0 Å². The molecule has 0 bridgehead atoms. The van der Waals surface area contributed by atoms with E-state index >= 15 is 0 Å². The highest BCUT2D eigenvalue weighted by atomic mass is 15.1. The third-order valence-electron chi connectivity index (χ3n) is 3.18. The smallest absolute Gasteiger partial charge is 0.222 e. The monoisotopic (exact) mass is 265 g/mol. The van der Waals surface area contributed by atoms with Crippen LogP contribution in [-0.2, 0) is 6.42 Å². The second-order valence-corrected chi connectivity index (χ2v) is 4.87. The minimum absolute atomic E-state index is 0.349. The second-order valence-electron chi connectivity index (χ2n) is 4.87. The van der Waals surface area contributed by atoms with Gasteiger partial charge in [0.25, 0.3) is 0 Å². The maximum absolute atomic E-state index is 5.73. The first-order chi connectivity index (χ1) is 9.19. The first-order valence-corrected chi connectivity index (χ1v) is 7.26. The van der Waals surface area contributed by atoms with Crippen molar-refractivity contribution in [2.24, 2.45) is 5.73 Å². The van der Waals surface area contributed by atoms with Crippen LogP contribution < -0.4 is 16.8 Å². The summed E-state index contributed by atoms with van der Waals surface area (Å²) in [4.78, 5) is 8.60. The van der Waals surface area contributed by atoms with Crippen molar-refractivity contribution in [1.29, 1.82) is 0 Å². The third-order valence-corrected chi connectivity index (χ3v) is 3.18. The molecule has 0 aliphatic heterocycles. The van der Waals surface area contributed by atoms with Gasteiger partial charge in [-0.3, -0.25) is 0 Å². The summed E-state index contributed by atoms with van der Waals surface area (Å²) in [6.45, 7) is 5.87. The van der Waals surface area contributed by atoms with E-state index in [-0.39, 0.29) is 0 Å². The fourth-order valence-electron chi connectivity index (χ4n) is 2.07. The molecule has 0 saturated heterocycles. The molecule has 5 N–H and O–H groups in total. The van der Waals surface area contributed by atoms with Crippen molar-refractivity contribution in [3.05, 3.63) is 11.3 Å². The van der Waals surface area contributed by atoms with E-state index in [0.717, 1.165) is 56.7 Å². The molecule has 1 aromatic rings. The van der Waals surface area contributed by atoms with E-state index in [9.17, 15) is 0 Å². The summed E-state index contributed by atoms with van der Waals surface area (Å²) in [5.74, 6) is 1.26. The van der Waals surface area contributed by atoms with Crippen molar-refractivity contribution < 1.29 is 0 Å². The van der Waals surface area contributed by atoms with E-state index in [2.05, 4.69) is 22.2 Å². The molecule has 1 rings (SSSR count). The minimum Gasteiger partial charge on any atom is -0.370 e. The zero-order valence-corrected chi connectivity index (χ0v) is 12.2. The first-order valence-electron chi connectivity index (χ1n) is 7.26. The Balaban J connectivity index is 2.69. The Morgan fingerprint density at radius 1 is 1.11 bits per heavy atom. The molecular formula is C14H27N5. The fourth-order valence-corrected chi connectivity index (χ4v) is 2.07. The predicted octanol–water partition coefficient (Wildman–Crippen LogP) is 2.25. The van der Waals surface area contributed by atoms with Crippen molar-refractivity contribution in [3.8, 4) is 0 Å². The number of aromatic nitrogens is 2. The van der Waals surface area contributed by atoms with Crippen molar-refractivity contribution in [1.82, 2.24) is 9.97 Å². The molecular weight excluding hydrogens is 238 g/mol. The molecule has 1 aromatic heterocycles. The van der Waals surface area contributed by atoms with Gasteiger partial charge in [0, 0.05) is 17.8 Å². The van der Waals surface area contributed by atoms with Crippen LogP contribution in [0.15, 0.2) is 0 Å². The van der Waals surface area contributed by atoms with Crippen molar-refractivity contribution in [3.63, 3.8) is 0 Å². The van der Waals surface area contributed by atoms with E-state index in [1.165, 1.54) is 12.0 Å². The number of hydrogen-bond acceptors (Lipinski definition) is 5. The van der Waals surface area contributed by atoms with E-state index in [1.54, 1.807) is 0 Å². The predicted molar refractivity (Wildman–Crippen MR) is 81.2 cm³/mol. The zero-order chi connectivity index (χ0) is 14.1. The first kappa shape index (κ1) is 15.7. The summed E-state index contributed by atoms with van der Waals surface area (Å²) in [6, 6.07) is 0. The van der Waals surface area contributed by atoms with E-state index in [1.807, 2.05) is 6.92 Å². The summed E-state index contributed by atoms with van der Waals surface area (Å²) < 4.78 is 0. The average Bonchev–Trinajstić information content (AvgIpc) is 2.37. The van der Waals surface area contributed by atoms with Crippen LogP contribution >= 0.6 is 0 Å². The quantitative estimate of drug-likeness (QED) is 0.596. The van der Waals surface area contributed by atoms with Crippen LogP contribution in [0, 0.1) is 6.92 Å². The number of aryl methyl sites for hydroxylation is 1. The highest BCUT2D eigenvalue weighted by Crippen LogP contribution is 2.20. The largest absolute Gasteiger partial charge is 0.370 e. The summed E-state index contributed by atoms with van der Waals surface area (Å²) in [7, 11) is 0. The maximum Gasteiger partial charge on any atom is 0.222 e. The molecule has 0 fully saturated rings. The Labute approximate surface area is 116 Å². The molecule has 5 heteroatoms. The molecule has 0 radical (unpaired) electrons. The Morgan fingerprint density at radius 2 is 1.89 bits per heavy atom. The standard InChI is InChI=1S/C14H27N5/c1-3-4-10-17-13-12(8-6-5-7-9-15)11(2)18-14(16)19-13/h3-10,15H2,1-2H3,(H3,16,17,18,19). The molecule has 5 nitrogen and oxygen atoms in total. The Hall–Kier alpha value is -1.36. The molecule has 0 aromatic carbocycles. The van der Waals surface area contributed by atoms with Crippen LogP contribution in [-0.4, -0.2) is 23.1 Å². The van der Waals surface area contributed by atoms with Gasteiger partial charge in [-0.15, -0.1) is 0 Å². The summed E-state index contributed by atoms with van der Waals surface area (Å²) in [5, 5.41) is 3.38. The average molecular weight is 265 g/mol. The number of nitrogens with two attached hydrogens (primary N) is 2. The second kappa shape index (κ2) is 8.69. The van der Waals surface area contributed by atoms with Gasteiger partial charge in [0.1, 0.15) is 5.82 Å². The van der Waals surface area contributed by atoms with Crippen LogP contribution in [0.2, 0.25) is 0 Å².